The van der Waals surface area contributed by atoms with Gasteiger partial charge in [-0.1, -0.05) is 26.8 Å². The van der Waals surface area contributed by atoms with E-state index in [4.69, 9.17) is 46.5 Å². The van der Waals surface area contributed by atoms with Gasteiger partial charge in [0.25, 0.3) is 20.2 Å². The molecule has 19 nitrogen and oxygen atoms in total. The number of aliphatic carboxylic acids is 1. The number of hydrogen-bond donors (Lipinski definition) is 2. The highest BCUT2D eigenvalue weighted by atomic mass is 32.2. The lowest BCUT2D eigenvalue weighted by molar-refractivity contribution is -0.137. The van der Waals surface area contributed by atoms with Crippen LogP contribution in [0.4, 0.5) is 5.69 Å². The zero-order valence-corrected chi connectivity index (χ0v) is 44.0. The molecule has 0 saturated heterocycles. The fraction of sp³-hybridized carbons (Fsp3) is 0.600. The van der Waals surface area contributed by atoms with Crippen molar-refractivity contribution in [2.24, 2.45) is 0 Å². The second-order valence-corrected chi connectivity index (χ2v) is 21.0. The van der Waals surface area contributed by atoms with E-state index in [0.717, 1.165) is 22.7 Å². The minimum absolute atomic E-state index is 0.0567. The van der Waals surface area contributed by atoms with Gasteiger partial charge in [0.1, 0.15) is 24.7 Å². The van der Waals surface area contributed by atoms with Gasteiger partial charge in [-0.05, 0) is 78.8 Å². The number of carboxylic acid groups (broad SMARTS) is 1. The zero-order chi connectivity index (χ0) is 51.9. The SMILES string of the molecule is COCCOCCOCCOCC[N+](CCOCCOCCOCCOC)=c1ccc2c(C(C)(C)C)cc(/C=C/C=C3/N(CCOS(C)(=O)=O)c4ccc(S(=O)(=O)O)cc4C3(C)CCCC(=O)O)oc-2c1. The lowest BCUT2D eigenvalue weighted by Crippen LogP contribution is -2.36. The van der Waals surface area contributed by atoms with Gasteiger partial charge in [0.2, 0.25) is 5.36 Å². The molecule has 1 atom stereocenters. The van der Waals surface area contributed by atoms with E-state index >= 15 is 0 Å². The number of fused-ring (bicyclic) bond motifs is 2. The van der Waals surface area contributed by atoms with Crippen LogP contribution < -0.4 is 14.8 Å². The summed E-state index contributed by atoms with van der Waals surface area (Å²) in [5.41, 5.74) is 2.42. The molecule has 0 spiro atoms. The van der Waals surface area contributed by atoms with Gasteiger partial charge in [0, 0.05) is 55.6 Å². The van der Waals surface area contributed by atoms with Crippen LogP contribution in [0.15, 0.2) is 69.6 Å². The van der Waals surface area contributed by atoms with E-state index in [1.807, 2.05) is 36.1 Å². The molecule has 0 radical (unpaired) electrons. The predicted molar refractivity (Wildman–Crippen MR) is 268 cm³/mol. The summed E-state index contributed by atoms with van der Waals surface area (Å²) < 4.78 is 117. The summed E-state index contributed by atoms with van der Waals surface area (Å²) in [6, 6.07) is 12.3. The summed E-state index contributed by atoms with van der Waals surface area (Å²) in [5, 5.41) is 10.4. The first-order chi connectivity index (χ1) is 33.8. The number of nitrogens with zero attached hydrogens (tertiary/aromatic N) is 2. The molecule has 2 N–H and O–H groups in total. The second-order valence-electron chi connectivity index (χ2n) is 18.0. The molecule has 2 aliphatic heterocycles. The maximum atomic E-state index is 12.3. The van der Waals surface area contributed by atoms with Crippen molar-refractivity contribution in [3.63, 3.8) is 0 Å². The van der Waals surface area contributed by atoms with Crippen molar-refractivity contribution in [2.45, 2.75) is 62.7 Å². The Bertz CT molecular complexity index is 2420. The Morgan fingerprint density at radius 3 is 1.82 bits per heavy atom. The smallest absolute Gasteiger partial charge is 0.303 e. The number of hydrogen-bond acceptors (Lipinski definition) is 16. The molecule has 0 saturated carbocycles. The summed E-state index contributed by atoms with van der Waals surface area (Å²) in [7, 11) is -5.15. The Hall–Kier alpha value is -4.10. The van der Waals surface area contributed by atoms with Gasteiger partial charge in [0.15, 0.2) is 13.1 Å². The van der Waals surface area contributed by atoms with Crippen LogP contribution in [-0.2, 0) is 77.9 Å². The van der Waals surface area contributed by atoms with Crippen LogP contribution in [0, 0.1) is 0 Å². The van der Waals surface area contributed by atoms with Crippen molar-refractivity contribution in [3.8, 4) is 11.3 Å². The Balaban J connectivity index is 1.68. The molecule has 21 heteroatoms. The molecule has 4 rings (SSSR count). The molecule has 0 amide bonds. The summed E-state index contributed by atoms with van der Waals surface area (Å²) >= 11 is 0. The number of rotatable bonds is 35. The molecule has 2 heterocycles. The van der Waals surface area contributed by atoms with Crippen LogP contribution in [0.2, 0.25) is 0 Å². The molecule has 1 unspecified atom stereocenters. The van der Waals surface area contributed by atoms with E-state index in [0.29, 0.717) is 134 Å². The summed E-state index contributed by atoms with van der Waals surface area (Å²) in [6.45, 7) is 15.6. The number of allylic oxidation sites excluding steroid dienone is 3. The van der Waals surface area contributed by atoms with Gasteiger partial charge >= 0.3 is 5.97 Å². The predicted octanol–water partition coefficient (Wildman–Crippen LogP) is 5.00. The Morgan fingerprint density at radius 1 is 0.761 bits per heavy atom. The molecule has 398 valence electrons. The highest BCUT2D eigenvalue weighted by molar-refractivity contribution is 7.86. The van der Waals surface area contributed by atoms with Crippen LogP contribution in [0.5, 0.6) is 0 Å². The van der Waals surface area contributed by atoms with Gasteiger partial charge in [-0.2, -0.15) is 16.8 Å². The summed E-state index contributed by atoms with van der Waals surface area (Å²) in [6.07, 6.45) is 6.76. The molecule has 1 aromatic carbocycles. The van der Waals surface area contributed by atoms with Gasteiger partial charge in [-0.25, -0.2) is 4.58 Å². The van der Waals surface area contributed by atoms with Gasteiger partial charge in [-0.15, -0.1) is 0 Å². The first-order valence-electron chi connectivity index (χ1n) is 23.7. The fourth-order valence-corrected chi connectivity index (χ4v) is 8.87. The minimum atomic E-state index is -4.60. The average Bonchev–Trinajstić information content (AvgIpc) is 3.53. The molecule has 1 aromatic rings. The second kappa shape index (κ2) is 29.6. The normalized spacial score (nSPS) is 15.9. The largest absolute Gasteiger partial charge is 0.481 e. The number of benzene rings is 2. The fourth-order valence-electron chi connectivity index (χ4n) is 7.98. The highest BCUT2D eigenvalue weighted by Crippen LogP contribution is 2.51. The maximum Gasteiger partial charge on any atom is 0.303 e. The van der Waals surface area contributed by atoms with E-state index < -0.39 is 31.6 Å². The monoisotopic (exact) mass is 1040 g/mol. The van der Waals surface area contributed by atoms with Gasteiger partial charge in [-0.3, -0.25) is 13.5 Å². The zero-order valence-electron chi connectivity index (χ0n) is 42.4. The van der Waals surface area contributed by atoms with Crippen molar-refractivity contribution < 1.29 is 77.8 Å². The third-order valence-corrected chi connectivity index (χ3v) is 13.0. The Kier molecular flexibility index (Phi) is 24.8. The van der Waals surface area contributed by atoms with Gasteiger partial charge < -0.3 is 52.3 Å². The van der Waals surface area contributed by atoms with Crippen molar-refractivity contribution in [1.29, 1.82) is 0 Å². The molecule has 71 heavy (non-hydrogen) atoms. The highest BCUT2D eigenvalue weighted by Gasteiger charge is 2.44. The van der Waals surface area contributed by atoms with E-state index in [9.17, 15) is 31.3 Å². The number of carbonyl (C=O) groups is 1. The first kappa shape index (κ1) is 59.5. The van der Waals surface area contributed by atoms with Crippen molar-refractivity contribution >= 4 is 38.0 Å². The van der Waals surface area contributed by atoms with E-state index in [1.54, 1.807) is 26.4 Å². The quantitative estimate of drug-likeness (QED) is 0.0342. The lowest BCUT2D eigenvalue weighted by atomic mass is 9.77. The van der Waals surface area contributed by atoms with Crippen LogP contribution in [0.25, 0.3) is 17.4 Å². The van der Waals surface area contributed by atoms with Crippen molar-refractivity contribution in [3.05, 3.63) is 82.6 Å². The topological polar surface area (TPSA) is 228 Å². The third kappa shape index (κ3) is 20.0. The van der Waals surface area contributed by atoms with E-state index in [2.05, 4.69) is 37.5 Å². The van der Waals surface area contributed by atoms with Crippen LogP contribution in [-0.4, -0.2) is 172 Å². The minimum Gasteiger partial charge on any atom is -0.481 e. The van der Waals surface area contributed by atoms with Crippen molar-refractivity contribution in [1.82, 2.24) is 4.58 Å². The van der Waals surface area contributed by atoms with E-state index in [-0.39, 0.29) is 42.7 Å². The number of carboxylic acids is 1. The number of ether oxygens (including phenoxy) is 8. The lowest BCUT2D eigenvalue weighted by Gasteiger charge is -2.30. The third-order valence-electron chi connectivity index (χ3n) is 11.5. The maximum absolute atomic E-state index is 12.3. The average molecular weight is 1040 g/mol. The van der Waals surface area contributed by atoms with Crippen LogP contribution >= 0.6 is 0 Å². The molecule has 0 bridgehead atoms. The standard InChI is InChI=1S/C50H74N2O17S2/c1-49(2,3)43-37-40(10-8-11-47-50(4,17-9-12-48(53)54)44-38-41(71(57,58)59)14-16-45(44)52(47)20-23-68-70(7,55)56)69-46-36-39(13-15-42(43)46)51(18-21-62-28-30-66-34-32-64-26-24-60-5)19-22-63-29-31-67-35-33-65-27-25-61-6/h8,10-11,13-16,36-38H,9,12,17-35H2,1-7H3,(H-,53,54,57,58,59)/p+1. The molecular weight excluding hydrogens is 965 g/mol. The van der Waals surface area contributed by atoms with Crippen LogP contribution in [0.1, 0.15) is 63.8 Å². The van der Waals surface area contributed by atoms with Crippen LogP contribution in [0.3, 0.4) is 0 Å². The summed E-state index contributed by atoms with van der Waals surface area (Å²) in [5.74, 6) is 0.185. The number of anilines is 1. The molecule has 1 aliphatic carbocycles. The molecule has 0 aromatic heterocycles. The summed E-state index contributed by atoms with van der Waals surface area (Å²) in [4.78, 5) is 13.2. The van der Waals surface area contributed by atoms with Gasteiger partial charge in [0.05, 0.1) is 103 Å². The molecule has 3 aliphatic rings. The van der Waals surface area contributed by atoms with E-state index in [1.165, 1.54) is 12.1 Å². The Labute approximate surface area is 419 Å². The molecular formula is C50H75N2O17S2+. The first-order valence-corrected chi connectivity index (χ1v) is 27.0. The van der Waals surface area contributed by atoms with Crippen molar-refractivity contribution in [2.75, 3.05) is 144 Å². The molecule has 0 fully saturated rings. The number of methoxy groups -OCH3 is 2. The Morgan fingerprint density at radius 2 is 1.31 bits per heavy atom.